The van der Waals surface area contributed by atoms with Crippen LogP contribution >= 0.6 is 34.4 Å². The molecule has 0 saturated heterocycles. The number of amides is 1. The number of thioether (sulfide) groups is 1. The Labute approximate surface area is 182 Å². The smallest absolute Gasteiger partial charge is 0.263 e. The number of hydrogen-bond acceptors (Lipinski definition) is 6. The number of thiophene rings is 2. The number of carbonyl (C=O) groups excluding carboxylic acids is 1. The van der Waals surface area contributed by atoms with E-state index < -0.39 is 0 Å². The molecule has 8 heteroatoms. The first-order chi connectivity index (χ1) is 14.0. The molecule has 0 saturated carbocycles. The van der Waals surface area contributed by atoms with Gasteiger partial charge in [-0.2, -0.15) is 11.3 Å². The lowest BCUT2D eigenvalue weighted by Crippen LogP contribution is -2.28. The predicted octanol–water partition coefficient (Wildman–Crippen LogP) is 4.41. The quantitative estimate of drug-likeness (QED) is 0.415. The second kappa shape index (κ2) is 8.62. The highest BCUT2D eigenvalue weighted by Crippen LogP contribution is 2.36. The molecular formula is C21H25N3O2S3. The fourth-order valence-electron chi connectivity index (χ4n) is 3.77. The molecule has 0 aliphatic heterocycles. The summed E-state index contributed by atoms with van der Waals surface area (Å²) in [6.07, 6.45) is 3.14. The second-order valence-electron chi connectivity index (χ2n) is 7.65. The largest absolute Gasteiger partial charge is 0.341 e. The van der Waals surface area contributed by atoms with Crippen molar-refractivity contribution in [1.29, 1.82) is 0 Å². The van der Waals surface area contributed by atoms with Gasteiger partial charge in [-0.05, 0) is 60.1 Å². The van der Waals surface area contributed by atoms with Gasteiger partial charge in [0.15, 0.2) is 5.16 Å². The molecule has 4 rings (SSSR count). The van der Waals surface area contributed by atoms with Crippen LogP contribution in [0.1, 0.15) is 36.3 Å². The minimum Gasteiger partial charge on any atom is -0.341 e. The van der Waals surface area contributed by atoms with E-state index in [1.807, 2.05) is 25.4 Å². The summed E-state index contributed by atoms with van der Waals surface area (Å²) in [4.78, 5) is 34.5. The van der Waals surface area contributed by atoms with Crippen molar-refractivity contribution < 1.29 is 4.79 Å². The van der Waals surface area contributed by atoms with E-state index in [2.05, 4.69) is 12.3 Å². The number of carbonyl (C=O) groups is 1. The Balaban J connectivity index is 1.57. The number of rotatable bonds is 6. The van der Waals surface area contributed by atoms with Gasteiger partial charge in [0.1, 0.15) is 4.83 Å². The highest BCUT2D eigenvalue weighted by Gasteiger charge is 2.24. The highest BCUT2D eigenvalue weighted by atomic mass is 32.2. The summed E-state index contributed by atoms with van der Waals surface area (Å²) in [5, 5.41) is 5.53. The zero-order valence-corrected chi connectivity index (χ0v) is 19.4. The summed E-state index contributed by atoms with van der Waals surface area (Å²) in [7, 11) is 1.82. The van der Waals surface area contributed by atoms with Gasteiger partial charge in [-0.1, -0.05) is 18.7 Å². The lowest BCUT2D eigenvalue weighted by atomic mass is 9.89. The van der Waals surface area contributed by atoms with Crippen molar-refractivity contribution >= 4 is 50.6 Å². The molecule has 3 aromatic heterocycles. The number of fused-ring (bicyclic) bond motifs is 3. The van der Waals surface area contributed by atoms with Gasteiger partial charge in [0.05, 0.1) is 11.1 Å². The molecule has 0 bridgehead atoms. The van der Waals surface area contributed by atoms with Crippen molar-refractivity contribution in [3.63, 3.8) is 0 Å². The Kier molecular flexibility index (Phi) is 6.13. The van der Waals surface area contributed by atoms with Gasteiger partial charge in [0.2, 0.25) is 5.91 Å². The third kappa shape index (κ3) is 4.15. The van der Waals surface area contributed by atoms with Gasteiger partial charge in [-0.3, -0.25) is 14.2 Å². The number of aromatic nitrogens is 2. The van der Waals surface area contributed by atoms with Crippen molar-refractivity contribution in [2.75, 3.05) is 12.8 Å². The zero-order valence-electron chi connectivity index (χ0n) is 16.9. The SMILES string of the molecule is CCn1c(SCC(=O)N(C)Cc2ccsc2)nc2sc3c(c2c1=O)CCC(C)C3. The van der Waals surface area contributed by atoms with Crippen molar-refractivity contribution in [3.05, 3.63) is 43.2 Å². The lowest BCUT2D eigenvalue weighted by Gasteiger charge is -2.18. The first-order valence-electron chi connectivity index (χ1n) is 9.90. The molecular weight excluding hydrogens is 422 g/mol. The Morgan fingerprint density at radius 2 is 2.28 bits per heavy atom. The van der Waals surface area contributed by atoms with Crippen LogP contribution in [0.4, 0.5) is 0 Å². The predicted molar refractivity (Wildman–Crippen MR) is 122 cm³/mol. The Morgan fingerprint density at radius 1 is 1.45 bits per heavy atom. The van der Waals surface area contributed by atoms with E-state index in [-0.39, 0.29) is 17.2 Å². The Hall–Kier alpha value is -1.64. The van der Waals surface area contributed by atoms with Gasteiger partial charge < -0.3 is 4.90 Å². The average molecular weight is 448 g/mol. The normalized spacial score (nSPS) is 16.2. The molecule has 0 spiro atoms. The molecule has 0 N–H and O–H groups in total. The minimum absolute atomic E-state index is 0.0393. The van der Waals surface area contributed by atoms with Crippen LogP contribution in [0.3, 0.4) is 0 Å². The fraction of sp³-hybridized carbons (Fsp3) is 0.476. The van der Waals surface area contributed by atoms with Gasteiger partial charge in [-0.15, -0.1) is 11.3 Å². The first kappa shape index (κ1) is 20.6. The fourth-order valence-corrected chi connectivity index (χ4v) is 6.86. The summed E-state index contributed by atoms with van der Waals surface area (Å²) in [5.74, 6) is 0.979. The maximum Gasteiger partial charge on any atom is 0.263 e. The van der Waals surface area contributed by atoms with Crippen molar-refractivity contribution in [2.45, 2.75) is 51.4 Å². The topological polar surface area (TPSA) is 55.2 Å². The van der Waals surface area contributed by atoms with Crippen LogP contribution in [0.15, 0.2) is 26.8 Å². The summed E-state index contributed by atoms with van der Waals surface area (Å²) >= 11 is 4.66. The van der Waals surface area contributed by atoms with E-state index in [4.69, 9.17) is 4.98 Å². The zero-order chi connectivity index (χ0) is 20.5. The van der Waals surface area contributed by atoms with E-state index in [0.29, 0.717) is 24.2 Å². The molecule has 1 aliphatic rings. The van der Waals surface area contributed by atoms with Crippen LogP contribution in [-0.2, 0) is 30.7 Å². The molecule has 3 aromatic rings. The minimum atomic E-state index is 0.0393. The molecule has 154 valence electrons. The molecule has 1 unspecified atom stereocenters. The van der Waals surface area contributed by atoms with E-state index in [0.717, 1.165) is 35.0 Å². The van der Waals surface area contributed by atoms with Crippen LogP contribution in [-0.4, -0.2) is 33.2 Å². The van der Waals surface area contributed by atoms with E-state index >= 15 is 0 Å². The standard InChI is InChI=1S/C21H25N3O2S3/c1-4-24-20(26)18-15-6-5-13(2)9-16(15)29-19(18)22-21(24)28-12-17(25)23(3)10-14-7-8-27-11-14/h7-8,11,13H,4-6,9-10,12H2,1-3H3. The lowest BCUT2D eigenvalue weighted by molar-refractivity contribution is -0.127. The van der Waals surface area contributed by atoms with Crippen LogP contribution in [0.2, 0.25) is 0 Å². The summed E-state index contributed by atoms with van der Waals surface area (Å²) < 4.78 is 1.73. The molecule has 1 aliphatic carbocycles. The molecule has 0 aromatic carbocycles. The van der Waals surface area contributed by atoms with Crippen LogP contribution in [0.5, 0.6) is 0 Å². The maximum atomic E-state index is 13.2. The third-order valence-electron chi connectivity index (χ3n) is 5.45. The Morgan fingerprint density at radius 3 is 3.00 bits per heavy atom. The van der Waals surface area contributed by atoms with E-state index in [1.54, 1.807) is 32.1 Å². The summed E-state index contributed by atoms with van der Waals surface area (Å²) in [6, 6.07) is 2.03. The van der Waals surface area contributed by atoms with Crippen molar-refractivity contribution in [2.24, 2.45) is 5.92 Å². The molecule has 3 heterocycles. The first-order valence-corrected chi connectivity index (χ1v) is 12.6. The molecule has 5 nitrogen and oxygen atoms in total. The van der Waals surface area contributed by atoms with Crippen LogP contribution < -0.4 is 5.56 Å². The molecule has 1 amide bonds. The number of nitrogens with zero attached hydrogens (tertiary/aromatic N) is 3. The maximum absolute atomic E-state index is 13.2. The highest BCUT2D eigenvalue weighted by molar-refractivity contribution is 7.99. The number of hydrogen-bond donors (Lipinski definition) is 0. The van der Waals surface area contributed by atoms with Crippen molar-refractivity contribution in [3.8, 4) is 0 Å². The van der Waals surface area contributed by atoms with Gasteiger partial charge >= 0.3 is 0 Å². The van der Waals surface area contributed by atoms with Gasteiger partial charge in [0.25, 0.3) is 5.56 Å². The van der Waals surface area contributed by atoms with Gasteiger partial charge in [-0.25, -0.2) is 4.98 Å². The average Bonchev–Trinajstić information content (AvgIpc) is 3.32. The molecule has 0 fully saturated rings. The van der Waals surface area contributed by atoms with Gasteiger partial charge in [0, 0.05) is 25.0 Å². The molecule has 1 atom stereocenters. The molecule has 29 heavy (non-hydrogen) atoms. The summed E-state index contributed by atoms with van der Waals surface area (Å²) in [6.45, 7) is 5.39. The van der Waals surface area contributed by atoms with Crippen LogP contribution in [0, 0.1) is 5.92 Å². The molecule has 0 radical (unpaired) electrons. The van der Waals surface area contributed by atoms with Crippen molar-refractivity contribution in [1.82, 2.24) is 14.5 Å². The third-order valence-corrected chi connectivity index (χ3v) is 8.29. The Bertz CT molecular complexity index is 1080. The van der Waals surface area contributed by atoms with E-state index in [9.17, 15) is 9.59 Å². The monoisotopic (exact) mass is 447 g/mol. The second-order valence-corrected chi connectivity index (χ2v) is 10.5. The van der Waals surface area contributed by atoms with Crippen LogP contribution in [0.25, 0.3) is 10.2 Å². The van der Waals surface area contributed by atoms with E-state index in [1.165, 1.54) is 22.2 Å². The summed E-state index contributed by atoms with van der Waals surface area (Å²) in [5.41, 5.74) is 2.40. The number of aryl methyl sites for hydroxylation is 1.